The number of carbonyl (C=O) groups is 1. The maximum Gasteiger partial charge on any atom is 0.242 e. The van der Waals surface area contributed by atoms with Gasteiger partial charge in [0.1, 0.15) is 11.9 Å². The molecular formula is C20H20FN7O. The number of aromatic nitrogens is 5. The van der Waals surface area contributed by atoms with Gasteiger partial charge in [-0.15, -0.1) is 0 Å². The van der Waals surface area contributed by atoms with E-state index >= 15 is 0 Å². The van der Waals surface area contributed by atoms with Crippen LogP contribution in [0.1, 0.15) is 18.5 Å². The second-order valence-electron chi connectivity index (χ2n) is 7.23. The Kier molecular flexibility index (Phi) is 3.97. The lowest BCUT2D eigenvalue weighted by Gasteiger charge is -2.24. The molecule has 0 spiro atoms. The number of nitrogens with one attached hydrogen (secondary N) is 2. The second-order valence-corrected chi connectivity index (χ2v) is 7.23. The van der Waals surface area contributed by atoms with Crippen molar-refractivity contribution in [2.45, 2.75) is 25.8 Å². The first-order chi connectivity index (χ1) is 14.1. The van der Waals surface area contributed by atoms with Gasteiger partial charge in [-0.2, -0.15) is 5.10 Å². The van der Waals surface area contributed by atoms with Crippen molar-refractivity contribution in [1.82, 2.24) is 30.0 Å². The number of likely N-dealkylation sites (N-methyl/N-ethyl adjacent to an activating group) is 1. The van der Waals surface area contributed by atoms with Crippen LogP contribution < -0.4 is 10.2 Å². The molecule has 1 atom stereocenters. The summed E-state index contributed by atoms with van der Waals surface area (Å²) in [5, 5.41) is 10.5. The highest BCUT2D eigenvalue weighted by atomic mass is 19.1. The van der Waals surface area contributed by atoms with Crippen LogP contribution in [-0.4, -0.2) is 50.3 Å². The molecule has 1 saturated heterocycles. The molecular weight excluding hydrogens is 373 g/mol. The molecule has 29 heavy (non-hydrogen) atoms. The van der Waals surface area contributed by atoms with Crippen LogP contribution in [0.25, 0.3) is 27.6 Å². The van der Waals surface area contributed by atoms with Crippen LogP contribution in [0.5, 0.6) is 0 Å². The third-order valence-electron chi connectivity index (χ3n) is 5.57. The zero-order valence-corrected chi connectivity index (χ0v) is 16.1. The highest BCUT2D eigenvalue weighted by Crippen LogP contribution is 2.32. The fourth-order valence-electron chi connectivity index (χ4n) is 4.19. The Balaban J connectivity index is 1.63. The molecule has 1 aromatic carbocycles. The lowest BCUT2D eigenvalue weighted by atomic mass is 10.2. The van der Waals surface area contributed by atoms with Gasteiger partial charge in [-0.3, -0.25) is 9.89 Å². The van der Waals surface area contributed by atoms with Gasteiger partial charge in [-0.25, -0.2) is 14.4 Å². The number of carbonyl (C=O) groups excluding carboxylic acids is 1. The van der Waals surface area contributed by atoms with Crippen molar-refractivity contribution in [2.24, 2.45) is 0 Å². The monoisotopic (exact) mass is 393 g/mol. The molecule has 3 aromatic heterocycles. The van der Waals surface area contributed by atoms with E-state index in [0.717, 1.165) is 52.7 Å². The van der Waals surface area contributed by atoms with Gasteiger partial charge < -0.3 is 14.8 Å². The van der Waals surface area contributed by atoms with Gasteiger partial charge in [0.2, 0.25) is 11.9 Å². The molecule has 4 heterocycles. The second kappa shape index (κ2) is 6.54. The van der Waals surface area contributed by atoms with E-state index in [1.807, 2.05) is 16.4 Å². The number of anilines is 1. The third kappa shape index (κ3) is 2.65. The van der Waals surface area contributed by atoms with Crippen molar-refractivity contribution in [3.8, 4) is 5.69 Å². The Morgan fingerprint density at radius 2 is 2.17 bits per heavy atom. The number of rotatable bonds is 3. The Morgan fingerprint density at radius 3 is 2.97 bits per heavy atom. The molecule has 2 N–H and O–H groups in total. The summed E-state index contributed by atoms with van der Waals surface area (Å²) in [5.41, 5.74) is 4.00. The smallest absolute Gasteiger partial charge is 0.242 e. The molecule has 1 amide bonds. The van der Waals surface area contributed by atoms with Gasteiger partial charge in [0.15, 0.2) is 0 Å². The molecule has 1 fully saturated rings. The predicted octanol–water partition coefficient (Wildman–Crippen LogP) is 2.46. The molecule has 8 nitrogen and oxygen atoms in total. The van der Waals surface area contributed by atoms with E-state index in [1.165, 1.54) is 12.1 Å². The average Bonchev–Trinajstić information content (AvgIpc) is 3.44. The first-order valence-corrected chi connectivity index (χ1v) is 9.54. The molecule has 4 aromatic rings. The minimum absolute atomic E-state index is 0.0219. The number of nitrogens with zero attached hydrogens (tertiary/aromatic N) is 5. The van der Waals surface area contributed by atoms with Gasteiger partial charge in [-0.1, -0.05) is 0 Å². The van der Waals surface area contributed by atoms with E-state index in [1.54, 1.807) is 25.5 Å². The Bertz CT molecular complexity index is 1240. The normalized spacial score (nSPS) is 16.8. The van der Waals surface area contributed by atoms with Gasteiger partial charge in [0, 0.05) is 19.0 Å². The number of hydrogen-bond acceptors (Lipinski definition) is 5. The lowest BCUT2D eigenvalue weighted by molar-refractivity contribution is -0.121. The summed E-state index contributed by atoms with van der Waals surface area (Å²) in [6, 6.07) is 4.43. The minimum Gasteiger partial charge on any atom is -0.357 e. The van der Waals surface area contributed by atoms with E-state index in [0.29, 0.717) is 5.95 Å². The molecule has 148 valence electrons. The van der Waals surface area contributed by atoms with E-state index in [9.17, 15) is 9.18 Å². The first kappa shape index (κ1) is 17.6. The highest BCUT2D eigenvalue weighted by molar-refractivity contribution is 6.06. The first-order valence-electron chi connectivity index (χ1n) is 9.54. The van der Waals surface area contributed by atoms with Crippen LogP contribution in [0.15, 0.2) is 30.6 Å². The van der Waals surface area contributed by atoms with Crippen LogP contribution >= 0.6 is 0 Å². The molecule has 0 radical (unpaired) electrons. The summed E-state index contributed by atoms with van der Waals surface area (Å²) in [6.45, 7) is 2.65. The Morgan fingerprint density at radius 1 is 1.31 bits per heavy atom. The van der Waals surface area contributed by atoms with Gasteiger partial charge in [0.25, 0.3) is 0 Å². The largest absolute Gasteiger partial charge is 0.357 e. The molecule has 0 unspecified atom stereocenters. The average molecular weight is 393 g/mol. The van der Waals surface area contributed by atoms with Gasteiger partial charge >= 0.3 is 0 Å². The minimum atomic E-state index is -0.302. The van der Waals surface area contributed by atoms with Crippen molar-refractivity contribution in [2.75, 3.05) is 18.5 Å². The molecule has 1 aliphatic rings. The summed E-state index contributed by atoms with van der Waals surface area (Å²) >= 11 is 0. The summed E-state index contributed by atoms with van der Waals surface area (Å²) in [7, 11) is 1.64. The maximum absolute atomic E-state index is 13.8. The Hall–Kier alpha value is -3.49. The number of hydrogen-bond donors (Lipinski definition) is 2. The quantitative estimate of drug-likeness (QED) is 0.558. The SMILES string of the molecule is CNC(=O)[C@@H]1CCCN1c1ncc(-n2c3ccc(F)cc3c3[nH]ncc32)c(C)n1. The van der Waals surface area contributed by atoms with Crippen molar-refractivity contribution >= 4 is 33.8 Å². The molecule has 1 aliphatic heterocycles. The van der Waals surface area contributed by atoms with Crippen LogP contribution in [0.3, 0.4) is 0 Å². The van der Waals surface area contributed by atoms with E-state index in [4.69, 9.17) is 4.98 Å². The fraction of sp³-hybridized carbons (Fsp3) is 0.300. The van der Waals surface area contributed by atoms with Crippen LogP contribution in [0.2, 0.25) is 0 Å². The summed E-state index contributed by atoms with van der Waals surface area (Å²) in [4.78, 5) is 23.4. The summed E-state index contributed by atoms with van der Waals surface area (Å²) in [5.74, 6) is 0.221. The maximum atomic E-state index is 13.8. The predicted molar refractivity (Wildman–Crippen MR) is 108 cm³/mol. The Labute approximate surface area is 165 Å². The van der Waals surface area contributed by atoms with E-state index < -0.39 is 0 Å². The van der Waals surface area contributed by atoms with Crippen molar-refractivity contribution in [3.05, 3.63) is 42.1 Å². The number of H-pyrrole nitrogens is 1. The van der Waals surface area contributed by atoms with Crippen LogP contribution in [-0.2, 0) is 4.79 Å². The standard InChI is InChI=1S/C20H20FN7O/c1-11-16(9-23-20(25-11)27-7-3-4-15(27)19(29)22-2)28-14-6-5-12(21)8-13(14)18-17(28)10-24-26-18/h5-6,8-10,15H,3-4,7H2,1-2H3,(H,22,29)(H,24,26)/t15-/m0/s1. The summed E-state index contributed by atoms with van der Waals surface area (Å²) in [6.07, 6.45) is 5.17. The topological polar surface area (TPSA) is 91.7 Å². The zero-order valence-electron chi connectivity index (χ0n) is 16.1. The molecule has 0 saturated carbocycles. The number of fused-ring (bicyclic) bond motifs is 3. The van der Waals surface area contributed by atoms with Gasteiger partial charge in [0.05, 0.1) is 40.3 Å². The fourth-order valence-corrected chi connectivity index (χ4v) is 4.19. The van der Waals surface area contributed by atoms with Crippen molar-refractivity contribution in [1.29, 1.82) is 0 Å². The number of benzene rings is 1. The zero-order chi connectivity index (χ0) is 20.1. The lowest BCUT2D eigenvalue weighted by Crippen LogP contribution is -2.42. The van der Waals surface area contributed by atoms with Crippen molar-refractivity contribution < 1.29 is 9.18 Å². The molecule has 0 bridgehead atoms. The van der Waals surface area contributed by atoms with E-state index in [-0.39, 0.29) is 17.8 Å². The number of halogens is 1. The number of aryl methyl sites for hydroxylation is 1. The summed E-state index contributed by atoms with van der Waals surface area (Å²) < 4.78 is 15.8. The molecule has 9 heteroatoms. The number of amides is 1. The third-order valence-corrected chi connectivity index (χ3v) is 5.57. The number of aromatic amines is 1. The van der Waals surface area contributed by atoms with Gasteiger partial charge in [-0.05, 0) is 38.0 Å². The highest BCUT2D eigenvalue weighted by Gasteiger charge is 2.32. The van der Waals surface area contributed by atoms with Crippen LogP contribution in [0, 0.1) is 12.7 Å². The van der Waals surface area contributed by atoms with Crippen molar-refractivity contribution in [3.63, 3.8) is 0 Å². The van der Waals surface area contributed by atoms with E-state index in [2.05, 4.69) is 20.5 Å². The molecule has 5 rings (SSSR count). The molecule has 0 aliphatic carbocycles. The van der Waals surface area contributed by atoms with Crippen LogP contribution in [0.4, 0.5) is 10.3 Å².